The van der Waals surface area contributed by atoms with E-state index < -0.39 is 5.25 Å². The van der Waals surface area contributed by atoms with Gasteiger partial charge in [-0.05, 0) is 25.1 Å². The van der Waals surface area contributed by atoms with Crippen LogP contribution in [0.15, 0.2) is 35.7 Å². The maximum atomic E-state index is 12.3. The molecule has 0 aromatic carbocycles. The maximum Gasteiger partial charge on any atom is 0.237 e. The van der Waals surface area contributed by atoms with E-state index in [-0.39, 0.29) is 11.1 Å². The summed E-state index contributed by atoms with van der Waals surface area (Å²) in [7, 11) is 0. The van der Waals surface area contributed by atoms with Crippen LogP contribution in [0, 0.1) is 0 Å². The third-order valence-electron chi connectivity index (χ3n) is 3.06. The Balaban J connectivity index is 1.78. The highest BCUT2D eigenvalue weighted by Crippen LogP contribution is 2.28. The molecule has 124 valence electrons. The first-order valence-electron chi connectivity index (χ1n) is 6.73. The van der Waals surface area contributed by atoms with Gasteiger partial charge in [0.05, 0.1) is 21.0 Å². The number of hydrogen-bond acceptors (Lipinski definition) is 5. The number of pyridine rings is 2. The van der Waals surface area contributed by atoms with Gasteiger partial charge in [-0.15, -0.1) is 10.2 Å². The average molecular weight is 403 g/mol. The van der Waals surface area contributed by atoms with Crippen LogP contribution in [-0.4, -0.2) is 30.7 Å². The number of nitrogens with zero attached hydrogens (tertiary/aromatic N) is 4. The lowest BCUT2D eigenvalue weighted by Gasteiger charge is -2.11. The van der Waals surface area contributed by atoms with Gasteiger partial charge in [-0.2, -0.15) is 0 Å². The summed E-state index contributed by atoms with van der Waals surface area (Å²) in [5.41, 5.74) is 0.931. The molecular weight excluding hydrogens is 393 g/mol. The SMILES string of the molecule is C[C@@H](Sc1nnc2c(Cl)cc(Cl)cn12)C(=O)Nc1cccnc1Cl. The van der Waals surface area contributed by atoms with E-state index in [0.717, 1.165) is 0 Å². The van der Waals surface area contributed by atoms with Gasteiger partial charge < -0.3 is 5.32 Å². The molecule has 1 atom stereocenters. The Hall–Kier alpha value is -1.54. The molecule has 0 unspecified atom stereocenters. The molecule has 0 spiro atoms. The molecular formula is C14H10Cl3N5OS. The van der Waals surface area contributed by atoms with E-state index in [2.05, 4.69) is 20.5 Å². The number of anilines is 1. The standard InChI is InChI=1S/C14H10Cl3N5OS/c1-7(13(23)19-10-3-2-4-18-11(10)17)24-14-21-20-12-9(16)5-8(15)6-22(12)14/h2-7H,1H3,(H,19,23)/t7-/m1/s1. The second kappa shape index (κ2) is 7.14. The number of carbonyl (C=O) groups excluding carboxylic acids is 1. The quantitative estimate of drug-likeness (QED) is 0.523. The zero-order valence-corrected chi connectivity index (χ0v) is 15.3. The van der Waals surface area contributed by atoms with Gasteiger partial charge in [-0.3, -0.25) is 9.20 Å². The van der Waals surface area contributed by atoms with Gasteiger partial charge in [0.25, 0.3) is 0 Å². The molecule has 10 heteroatoms. The Morgan fingerprint density at radius 1 is 1.33 bits per heavy atom. The molecule has 0 aliphatic carbocycles. The van der Waals surface area contributed by atoms with Crippen LogP contribution in [0.1, 0.15) is 6.92 Å². The number of amides is 1. The number of hydrogen-bond donors (Lipinski definition) is 1. The molecule has 0 aliphatic heterocycles. The van der Waals surface area contributed by atoms with Crippen LogP contribution in [0.4, 0.5) is 5.69 Å². The Bertz CT molecular complexity index is 917. The molecule has 0 radical (unpaired) electrons. The van der Waals surface area contributed by atoms with Gasteiger partial charge in [0, 0.05) is 12.4 Å². The molecule has 1 amide bonds. The van der Waals surface area contributed by atoms with E-state index >= 15 is 0 Å². The highest BCUT2D eigenvalue weighted by molar-refractivity contribution is 8.00. The first-order chi connectivity index (χ1) is 11.5. The number of halogens is 3. The molecule has 24 heavy (non-hydrogen) atoms. The minimum absolute atomic E-state index is 0.231. The molecule has 0 bridgehead atoms. The molecule has 3 rings (SSSR count). The number of fused-ring (bicyclic) bond motifs is 1. The van der Waals surface area contributed by atoms with Crippen LogP contribution in [0.5, 0.6) is 0 Å². The van der Waals surface area contributed by atoms with Crippen molar-refractivity contribution < 1.29 is 4.79 Å². The summed E-state index contributed by atoms with van der Waals surface area (Å²) in [5, 5.41) is 11.9. The van der Waals surface area contributed by atoms with Crippen molar-refractivity contribution in [3.05, 3.63) is 45.8 Å². The van der Waals surface area contributed by atoms with Crippen molar-refractivity contribution >= 4 is 63.8 Å². The lowest BCUT2D eigenvalue weighted by Crippen LogP contribution is -2.23. The van der Waals surface area contributed by atoms with Crippen molar-refractivity contribution in [2.75, 3.05) is 5.32 Å². The van der Waals surface area contributed by atoms with Crippen LogP contribution in [0.25, 0.3) is 5.65 Å². The van der Waals surface area contributed by atoms with Crippen LogP contribution in [0.3, 0.4) is 0 Å². The minimum atomic E-state index is -0.452. The summed E-state index contributed by atoms with van der Waals surface area (Å²) in [4.78, 5) is 16.2. The smallest absolute Gasteiger partial charge is 0.237 e. The molecule has 0 saturated heterocycles. The van der Waals surface area contributed by atoms with E-state index in [0.29, 0.717) is 26.5 Å². The molecule has 0 aliphatic rings. The second-order valence-corrected chi connectivity index (χ2v) is 7.28. The topological polar surface area (TPSA) is 72.2 Å². The fraction of sp³-hybridized carbons (Fsp3) is 0.143. The van der Waals surface area contributed by atoms with Crippen molar-refractivity contribution in [3.63, 3.8) is 0 Å². The fourth-order valence-corrected chi connectivity index (χ4v) is 3.41. The van der Waals surface area contributed by atoms with Crippen molar-refractivity contribution in [2.24, 2.45) is 0 Å². The lowest BCUT2D eigenvalue weighted by molar-refractivity contribution is -0.115. The molecule has 0 fully saturated rings. The van der Waals surface area contributed by atoms with Gasteiger partial charge in [0.15, 0.2) is 16.0 Å². The third kappa shape index (κ3) is 3.59. The fourth-order valence-electron chi connectivity index (χ4n) is 1.91. The van der Waals surface area contributed by atoms with Gasteiger partial charge in [0.2, 0.25) is 5.91 Å². The maximum absolute atomic E-state index is 12.3. The van der Waals surface area contributed by atoms with Gasteiger partial charge >= 0.3 is 0 Å². The van der Waals surface area contributed by atoms with E-state index in [1.165, 1.54) is 11.8 Å². The number of carbonyl (C=O) groups is 1. The van der Waals surface area contributed by atoms with Gasteiger partial charge in [0.1, 0.15) is 0 Å². The van der Waals surface area contributed by atoms with E-state index in [9.17, 15) is 4.79 Å². The van der Waals surface area contributed by atoms with Crippen molar-refractivity contribution in [1.82, 2.24) is 19.6 Å². The van der Waals surface area contributed by atoms with E-state index in [1.807, 2.05) is 0 Å². The normalized spacial score (nSPS) is 12.3. The summed E-state index contributed by atoms with van der Waals surface area (Å²) < 4.78 is 1.65. The lowest BCUT2D eigenvalue weighted by atomic mass is 10.4. The first-order valence-corrected chi connectivity index (χ1v) is 8.75. The average Bonchev–Trinajstić information content (AvgIpc) is 2.92. The third-order valence-corrected chi connectivity index (χ3v) is 4.91. The van der Waals surface area contributed by atoms with E-state index in [4.69, 9.17) is 34.8 Å². The summed E-state index contributed by atoms with van der Waals surface area (Å²) in [6, 6.07) is 4.95. The van der Waals surface area contributed by atoms with Crippen LogP contribution >= 0.6 is 46.6 Å². The summed E-state index contributed by atoms with van der Waals surface area (Å²) in [6.07, 6.45) is 3.19. The largest absolute Gasteiger partial charge is 0.322 e. The summed E-state index contributed by atoms with van der Waals surface area (Å²) >= 11 is 19.3. The summed E-state index contributed by atoms with van der Waals surface area (Å²) in [6.45, 7) is 1.75. The highest BCUT2D eigenvalue weighted by Gasteiger charge is 2.20. The van der Waals surface area contributed by atoms with E-state index in [1.54, 1.807) is 41.9 Å². The Morgan fingerprint density at radius 3 is 2.88 bits per heavy atom. The Kier molecular flexibility index (Phi) is 5.15. The molecule has 3 aromatic rings. The monoisotopic (exact) mass is 401 g/mol. The number of aromatic nitrogens is 4. The number of rotatable bonds is 4. The zero-order valence-electron chi connectivity index (χ0n) is 12.2. The highest BCUT2D eigenvalue weighted by atomic mass is 35.5. The van der Waals surface area contributed by atoms with Crippen molar-refractivity contribution in [2.45, 2.75) is 17.3 Å². The number of nitrogens with one attached hydrogen (secondary N) is 1. The predicted octanol–water partition coefficient (Wildman–Crippen LogP) is 4.20. The number of thioether (sulfide) groups is 1. The molecule has 3 heterocycles. The predicted molar refractivity (Wildman–Crippen MR) is 96.2 cm³/mol. The van der Waals surface area contributed by atoms with Gasteiger partial charge in [-0.25, -0.2) is 4.98 Å². The van der Waals surface area contributed by atoms with Crippen LogP contribution in [0.2, 0.25) is 15.2 Å². The molecule has 6 nitrogen and oxygen atoms in total. The summed E-state index contributed by atoms with van der Waals surface area (Å²) in [5.74, 6) is -0.236. The Morgan fingerprint density at radius 2 is 2.12 bits per heavy atom. The van der Waals surface area contributed by atoms with Gasteiger partial charge in [-0.1, -0.05) is 46.6 Å². The minimum Gasteiger partial charge on any atom is -0.322 e. The Labute approximate surface area is 156 Å². The van der Waals surface area contributed by atoms with Crippen LogP contribution in [-0.2, 0) is 4.79 Å². The second-order valence-electron chi connectivity index (χ2n) is 4.77. The molecule has 3 aromatic heterocycles. The molecule has 0 saturated carbocycles. The molecule has 1 N–H and O–H groups in total. The zero-order chi connectivity index (χ0) is 17.3. The van der Waals surface area contributed by atoms with Crippen molar-refractivity contribution in [3.8, 4) is 0 Å². The van der Waals surface area contributed by atoms with Crippen LogP contribution < -0.4 is 5.32 Å². The van der Waals surface area contributed by atoms with Crippen molar-refractivity contribution in [1.29, 1.82) is 0 Å². The first kappa shape index (κ1) is 17.3.